The van der Waals surface area contributed by atoms with Crippen molar-refractivity contribution >= 4 is 11.7 Å². The number of nitrogens with zero attached hydrogens (tertiary/aromatic N) is 3. The van der Waals surface area contributed by atoms with Crippen molar-refractivity contribution in [1.82, 2.24) is 14.3 Å². The number of piperidine rings is 1. The Kier molecular flexibility index (Phi) is 4.52. The molecule has 1 aliphatic heterocycles. The van der Waals surface area contributed by atoms with Crippen LogP contribution in [-0.4, -0.2) is 38.6 Å². The molecule has 1 aliphatic rings. The molecule has 0 bridgehead atoms. The second-order valence-corrected chi connectivity index (χ2v) is 7.68. The first-order valence-electron chi connectivity index (χ1n) is 8.76. The largest absolute Gasteiger partial charge is 0.444 e. The quantitative estimate of drug-likeness (QED) is 0.837. The van der Waals surface area contributed by atoms with Crippen molar-refractivity contribution in [2.75, 3.05) is 6.54 Å². The summed E-state index contributed by atoms with van der Waals surface area (Å²) in [6, 6.07) is 4.26. The maximum Gasteiger partial charge on any atom is 0.410 e. The topological polar surface area (TPSA) is 46.8 Å². The number of ether oxygens (including phenoxy) is 1. The zero-order valence-corrected chi connectivity index (χ0v) is 15.1. The molecule has 3 rings (SSSR count). The number of imidazole rings is 1. The van der Waals surface area contributed by atoms with Gasteiger partial charge in [0.15, 0.2) is 0 Å². The Morgan fingerprint density at radius 3 is 2.88 bits per heavy atom. The molecule has 0 saturated carbocycles. The number of rotatable bonds is 2. The zero-order valence-electron chi connectivity index (χ0n) is 15.1. The minimum atomic E-state index is -0.459. The molecule has 0 aromatic carbocycles. The normalized spacial score (nSPS) is 18.8. The van der Waals surface area contributed by atoms with Crippen molar-refractivity contribution in [3.63, 3.8) is 0 Å². The van der Waals surface area contributed by atoms with E-state index < -0.39 is 5.60 Å². The smallest absolute Gasteiger partial charge is 0.410 e. The van der Waals surface area contributed by atoms with Gasteiger partial charge in [0.2, 0.25) is 0 Å². The number of carbonyl (C=O) groups is 1. The summed E-state index contributed by atoms with van der Waals surface area (Å²) >= 11 is 0. The Morgan fingerprint density at radius 2 is 2.17 bits per heavy atom. The summed E-state index contributed by atoms with van der Waals surface area (Å²) < 4.78 is 7.65. The van der Waals surface area contributed by atoms with Crippen LogP contribution >= 0.6 is 0 Å². The molecule has 1 atom stereocenters. The highest BCUT2D eigenvalue weighted by Gasteiger charge is 2.31. The molecule has 0 aliphatic carbocycles. The first-order chi connectivity index (χ1) is 11.3. The van der Waals surface area contributed by atoms with Gasteiger partial charge in [-0.15, -0.1) is 0 Å². The molecule has 0 radical (unpaired) electrons. The number of pyridine rings is 1. The first kappa shape index (κ1) is 16.8. The average Bonchev–Trinajstić information content (AvgIpc) is 2.90. The molecular formula is C19H27N3O2. The molecule has 1 fully saturated rings. The number of hydrogen-bond acceptors (Lipinski definition) is 3. The van der Waals surface area contributed by atoms with Gasteiger partial charge >= 0.3 is 6.09 Å². The molecule has 3 heterocycles. The average molecular weight is 329 g/mol. The lowest BCUT2D eigenvalue weighted by atomic mass is 9.98. The summed E-state index contributed by atoms with van der Waals surface area (Å²) in [7, 11) is 0. The molecular weight excluding hydrogens is 302 g/mol. The van der Waals surface area contributed by atoms with E-state index >= 15 is 0 Å². The number of fused-ring (bicyclic) bond motifs is 1. The van der Waals surface area contributed by atoms with Gasteiger partial charge in [-0.1, -0.05) is 6.07 Å². The monoisotopic (exact) mass is 329 g/mol. The minimum absolute atomic E-state index is 0.166. The highest BCUT2D eigenvalue weighted by atomic mass is 16.6. The van der Waals surface area contributed by atoms with Gasteiger partial charge in [-0.05, 0) is 58.6 Å². The van der Waals surface area contributed by atoms with E-state index in [1.807, 2.05) is 37.9 Å². The van der Waals surface area contributed by atoms with Gasteiger partial charge in [0.1, 0.15) is 11.2 Å². The SMILES string of the molecule is Cc1cccn2cc(CC3CCCCN3C(=O)OC(C)(C)C)nc12. The fraction of sp³-hybridized carbons (Fsp3) is 0.579. The van der Waals surface area contributed by atoms with Crippen LogP contribution in [0.2, 0.25) is 0 Å². The standard InChI is InChI=1S/C19H27N3O2/c1-14-8-7-10-21-13-15(20-17(14)21)12-16-9-5-6-11-22(16)18(23)24-19(2,3)4/h7-8,10,13,16H,5-6,9,11-12H2,1-4H3. The third kappa shape index (κ3) is 3.71. The molecule has 0 spiro atoms. The van der Waals surface area contributed by atoms with Crippen molar-refractivity contribution in [2.24, 2.45) is 0 Å². The van der Waals surface area contributed by atoms with Gasteiger partial charge in [0.25, 0.3) is 0 Å². The first-order valence-corrected chi connectivity index (χ1v) is 8.76. The Balaban J connectivity index is 1.77. The van der Waals surface area contributed by atoms with E-state index in [0.29, 0.717) is 0 Å². The third-order valence-corrected chi connectivity index (χ3v) is 4.43. The number of amides is 1. The summed E-state index contributed by atoms with van der Waals surface area (Å²) in [5.74, 6) is 0. The summed E-state index contributed by atoms with van der Waals surface area (Å²) in [5.41, 5.74) is 2.73. The van der Waals surface area contributed by atoms with E-state index in [-0.39, 0.29) is 12.1 Å². The lowest BCUT2D eigenvalue weighted by Gasteiger charge is -2.36. The minimum Gasteiger partial charge on any atom is -0.444 e. The van der Waals surface area contributed by atoms with Crippen molar-refractivity contribution in [3.8, 4) is 0 Å². The predicted octanol–water partition coefficient (Wildman–Crippen LogP) is 3.97. The van der Waals surface area contributed by atoms with Crippen LogP contribution in [0.3, 0.4) is 0 Å². The fourth-order valence-electron chi connectivity index (χ4n) is 3.32. The molecule has 5 heteroatoms. The fourth-order valence-corrected chi connectivity index (χ4v) is 3.32. The van der Waals surface area contributed by atoms with Gasteiger partial charge in [0.05, 0.1) is 5.69 Å². The second kappa shape index (κ2) is 6.46. The third-order valence-electron chi connectivity index (χ3n) is 4.43. The Labute approximate surface area is 143 Å². The van der Waals surface area contributed by atoms with Crippen LogP contribution in [0.15, 0.2) is 24.5 Å². The number of carbonyl (C=O) groups excluding carboxylic acids is 1. The van der Waals surface area contributed by atoms with Gasteiger partial charge in [-0.2, -0.15) is 0 Å². The van der Waals surface area contributed by atoms with E-state index in [9.17, 15) is 4.79 Å². The summed E-state index contributed by atoms with van der Waals surface area (Å²) in [6.45, 7) is 8.57. The molecule has 1 saturated heterocycles. The second-order valence-electron chi connectivity index (χ2n) is 7.68. The van der Waals surface area contributed by atoms with Crippen molar-refractivity contribution in [2.45, 2.75) is 65.0 Å². The van der Waals surface area contributed by atoms with Crippen LogP contribution in [0.5, 0.6) is 0 Å². The van der Waals surface area contributed by atoms with Gasteiger partial charge in [0, 0.05) is 31.4 Å². The van der Waals surface area contributed by atoms with Gasteiger partial charge < -0.3 is 14.0 Å². The maximum absolute atomic E-state index is 12.5. The van der Waals surface area contributed by atoms with Crippen molar-refractivity contribution < 1.29 is 9.53 Å². The molecule has 5 nitrogen and oxygen atoms in total. The van der Waals surface area contributed by atoms with E-state index in [4.69, 9.17) is 9.72 Å². The number of likely N-dealkylation sites (tertiary alicyclic amines) is 1. The predicted molar refractivity (Wildman–Crippen MR) is 94.2 cm³/mol. The zero-order chi connectivity index (χ0) is 17.3. The molecule has 24 heavy (non-hydrogen) atoms. The molecule has 0 N–H and O–H groups in total. The molecule has 2 aromatic heterocycles. The van der Waals surface area contributed by atoms with Crippen LogP contribution in [0.1, 0.15) is 51.3 Å². The van der Waals surface area contributed by atoms with E-state index in [2.05, 4.69) is 23.6 Å². The van der Waals surface area contributed by atoms with Crippen LogP contribution in [0.4, 0.5) is 4.79 Å². The molecule has 130 valence electrons. The van der Waals surface area contributed by atoms with Gasteiger partial charge in [-0.3, -0.25) is 0 Å². The lowest BCUT2D eigenvalue weighted by molar-refractivity contribution is 0.00986. The molecule has 2 aromatic rings. The van der Waals surface area contributed by atoms with Crippen LogP contribution in [0, 0.1) is 6.92 Å². The lowest BCUT2D eigenvalue weighted by Crippen LogP contribution is -2.47. The van der Waals surface area contributed by atoms with Crippen LogP contribution < -0.4 is 0 Å². The summed E-state index contributed by atoms with van der Waals surface area (Å²) in [6.07, 6.45) is 7.87. The van der Waals surface area contributed by atoms with E-state index in [1.54, 1.807) is 0 Å². The number of hydrogen-bond donors (Lipinski definition) is 0. The van der Waals surface area contributed by atoms with Crippen LogP contribution in [0.25, 0.3) is 5.65 Å². The maximum atomic E-state index is 12.5. The Bertz CT molecular complexity index is 730. The Hall–Kier alpha value is -2.04. The van der Waals surface area contributed by atoms with E-state index in [0.717, 1.165) is 49.1 Å². The molecule has 1 unspecified atom stereocenters. The summed E-state index contributed by atoms with van der Waals surface area (Å²) in [4.78, 5) is 19.2. The number of aryl methyl sites for hydroxylation is 1. The van der Waals surface area contributed by atoms with Crippen LogP contribution in [-0.2, 0) is 11.2 Å². The molecule has 1 amide bonds. The van der Waals surface area contributed by atoms with Crippen molar-refractivity contribution in [3.05, 3.63) is 35.8 Å². The van der Waals surface area contributed by atoms with Crippen molar-refractivity contribution in [1.29, 1.82) is 0 Å². The highest BCUT2D eigenvalue weighted by molar-refractivity contribution is 5.68. The van der Waals surface area contributed by atoms with Gasteiger partial charge in [-0.25, -0.2) is 9.78 Å². The number of aromatic nitrogens is 2. The highest BCUT2D eigenvalue weighted by Crippen LogP contribution is 2.23. The van der Waals surface area contributed by atoms with E-state index in [1.165, 1.54) is 0 Å². The summed E-state index contributed by atoms with van der Waals surface area (Å²) in [5, 5.41) is 0. The Morgan fingerprint density at radius 1 is 1.38 bits per heavy atom.